The monoisotopic (exact) mass is 257 g/mol. The van der Waals surface area contributed by atoms with E-state index in [0.29, 0.717) is 0 Å². The van der Waals surface area contributed by atoms with E-state index in [1.807, 2.05) is 0 Å². The van der Waals surface area contributed by atoms with E-state index in [2.05, 4.69) is 30.7 Å². The van der Waals surface area contributed by atoms with Gasteiger partial charge in [0.05, 0.1) is 6.61 Å². The highest BCUT2D eigenvalue weighted by atomic mass is 16.5. The van der Waals surface area contributed by atoms with Crippen LogP contribution >= 0.6 is 0 Å². The molecule has 1 fully saturated rings. The summed E-state index contributed by atoms with van der Waals surface area (Å²) in [6.45, 7) is 10.6. The number of nitrogens with zero attached hydrogens (tertiary/aromatic N) is 2. The number of ether oxygens (including phenoxy) is 1. The molecule has 0 aliphatic carbocycles. The number of methoxy groups -OCH3 is 1. The number of hydrogen-bond acceptors (Lipinski definition) is 4. The summed E-state index contributed by atoms with van der Waals surface area (Å²) in [7, 11) is 3.94. The Hall–Kier alpha value is -0.160. The van der Waals surface area contributed by atoms with E-state index in [1.165, 1.54) is 32.5 Å². The Balaban J connectivity index is 2.48. The summed E-state index contributed by atoms with van der Waals surface area (Å²) in [4.78, 5) is 4.98. The normalized spacial score (nSPS) is 20.8. The highest BCUT2D eigenvalue weighted by molar-refractivity contribution is 4.95. The van der Waals surface area contributed by atoms with Gasteiger partial charge in [-0.15, -0.1) is 0 Å². The lowest BCUT2D eigenvalue weighted by molar-refractivity contribution is 0.0260. The van der Waals surface area contributed by atoms with Crippen molar-refractivity contribution in [1.29, 1.82) is 0 Å². The van der Waals surface area contributed by atoms with Crippen LogP contribution in [0.5, 0.6) is 0 Å². The molecule has 0 unspecified atom stereocenters. The second-order valence-corrected chi connectivity index (χ2v) is 6.04. The Kier molecular flexibility index (Phi) is 6.57. The van der Waals surface area contributed by atoms with Gasteiger partial charge in [0.15, 0.2) is 0 Å². The van der Waals surface area contributed by atoms with Crippen molar-refractivity contribution in [1.82, 2.24) is 9.80 Å². The molecule has 0 spiro atoms. The van der Waals surface area contributed by atoms with Crippen LogP contribution in [0.4, 0.5) is 0 Å². The SMILES string of the molecule is COCCN(C)C1(CN)CCN(CC(C)C)CC1. The molecule has 0 atom stereocenters. The lowest BCUT2D eigenvalue weighted by atomic mass is 9.85. The zero-order chi connectivity index (χ0) is 13.6. The molecule has 108 valence electrons. The van der Waals surface area contributed by atoms with Crippen LogP contribution < -0.4 is 5.73 Å². The zero-order valence-electron chi connectivity index (χ0n) is 12.6. The van der Waals surface area contributed by atoms with Crippen molar-refractivity contribution in [2.45, 2.75) is 32.2 Å². The maximum atomic E-state index is 6.06. The molecule has 0 aromatic carbocycles. The Morgan fingerprint density at radius 2 is 1.94 bits per heavy atom. The first kappa shape index (κ1) is 15.9. The van der Waals surface area contributed by atoms with Gasteiger partial charge in [0.1, 0.15) is 0 Å². The Labute approximate surface area is 112 Å². The predicted octanol–water partition coefficient (Wildman–Crippen LogP) is 1.01. The van der Waals surface area contributed by atoms with Crippen molar-refractivity contribution in [2.75, 3.05) is 53.5 Å². The summed E-state index contributed by atoms with van der Waals surface area (Å²) in [5.74, 6) is 0.751. The van der Waals surface area contributed by atoms with Crippen molar-refractivity contribution in [2.24, 2.45) is 11.7 Å². The predicted molar refractivity (Wildman–Crippen MR) is 76.8 cm³/mol. The number of nitrogens with two attached hydrogens (primary N) is 1. The number of likely N-dealkylation sites (N-methyl/N-ethyl adjacent to an activating group) is 1. The van der Waals surface area contributed by atoms with Crippen molar-refractivity contribution in [3.05, 3.63) is 0 Å². The molecule has 0 aromatic heterocycles. The molecule has 0 amide bonds. The minimum atomic E-state index is 0.187. The molecule has 1 heterocycles. The van der Waals surface area contributed by atoms with Crippen molar-refractivity contribution >= 4 is 0 Å². The fourth-order valence-corrected chi connectivity index (χ4v) is 2.88. The summed E-state index contributed by atoms with van der Waals surface area (Å²) < 4.78 is 5.17. The molecular formula is C14H31N3O. The summed E-state index contributed by atoms with van der Waals surface area (Å²) in [6, 6.07) is 0. The average molecular weight is 257 g/mol. The first-order valence-corrected chi connectivity index (χ1v) is 7.16. The van der Waals surface area contributed by atoms with Gasteiger partial charge in [-0.2, -0.15) is 0 Å². The van der Waals surface area contributed by atoms with Crippen LogP contribution in [-0.4, -0.2) is 68.8 Å². The molecule has 0 saturated carbocycles. The quantitative estimate of drug-likeness (QED) is 0.739. The zero-order valence-corrected chi connectivity index (χ0v) is 12.6. The highest BCUT2D eigenvalue weighted by Gasteiger charge is 2.36. The maximum absolute atomic E-state index is 6.06. The third kappa shape index (κ3) is 4.19. The molecule has 18 heavy (non-hydrogen) atoms. The lowest BCUT2D eigenvalue weighted by Gasteiger charge is -2.47. The van der Waals surface area contributed by atoms with Gasteiger partial charge in [-0.1, -0.05) is 13.8 Å². The van der Waals surface area contributed by atoms with Crippen LogP contribution in [0.15, 0.2) is 0 Å². The molecule has 0 radical (unpaired) electrons. The largest absolute Gasteiger partial charge is 0.383 e. The second kappa shape index (κ2) is 7.43. The number of piperidine rings is 1. The molecular weight excluding hydrogens is 226 g/mol. The molecule has 1 saturated heterocycles. The second-order valence-electron chi connectivity index (χ2n) is 6.04. The van der Waals surface area contributed by atoms with E-state index in [9.17, 15) is 0 Å². The minimum Gasteiger partial charge on any atom is -0.383 e. The summed E-state index contributed by atoms with van der Waals surface area (Å²) in [5.41, 5.74) is 6.24. The smallest absolute Gasteiger partial charge is 0.0589 e. The van der Waals surface area contributed by atoms with Crippen LogP contribution in [0.3, 0.4) is 0 Å². The fraction of sp³-hybridized carbons (Fsp3) is 1.00. The number of rotatable bonds is 7. The van der Waals surface area contributed by atoms with E-state index in [4.69, 9.17) is 10.5 Å². The van der Waals surface area contributed by atoms with Crippen molar-refractivity contribution in [3.63, 3.8) is 0 Å². The summed E-state index contributed by atoms with van der Waals surface area (Å²) in [5, 5.41) is 0. The first-order valence-electron chi connectivity index (χ1n) is 7.16. The van der Waals surface area contributed by atoms with Gasteiger partial charge >= 0.3 is 0 Å². The topological polar surface area (TPSA) is 41.7 Å². The van der Waals surface area contributed by atoms with Gasteiger partial charge in [0.2, 0.25) is 0 Å². The van der Waals surface area contributed by atoms with Gasteiger partial charge < -0.3 is 15.4 Å². The molecule has 2 N–H and O–H groups in total. The van der Waals surface area contributed by atoms with Crippen molar-refractivity contribution < 1.29 is 4.74 Å². The van der Waals surface area contributed by atoms with Gasteiger partial charge in [-0.3, -0.25) is 4.90 Å². The number of hydrogen-bond donors (Lipinski definition) is 1. The number of likely N-dealkylation sites (tertiary alicyclic amines) is 1. The molecule has 4 heteroatoms. The van der Waals surface area contributed by atoms with Crippen LogP contribution in [0.1, 0.15) is 26.7 Å². The van der Waals surface area contributed by atoms with Gasteiger partial charge in [-0.05, 0) is 38.9 Å². The van der Waals surface area contributed by atoms with Gasteiger partial charge in [0.25, 0.3) is 0 Å². The van der Waals surface area contributed by atoms with Crippen LogP contribution in [-0.2, 0) is 4.74 Å². The summed E-state index contributed by atoms with van der Waals surface area (Å²) in [6.07, 6.45) is 2.35. The molecule has 4 nitrogen and oxygen atoms in total. The Morgan fingerprint density at radius 1 is 1.33 bits per heavy atom. The lowest BCUT2D eigenvalue weighted by Crippen LogP contribution is -2.59. The molecule has 0 bridgehead atoms. The van der Waals surface area contributed by atoms with E-state index in [0.717, 1.165) is 25.6 Å². The van der Waals surface area contributed by atoms with E-state index in [-0.39, 0.29) is 5.54 Å². The van der Waals surface area contributed by atoms with E-state index >= 15 is 0 Å². The Morgan fingerprint density at radius 3 is 2.39 bits per heavy atom. The molecule has 0 aromatic rings. The third-order valence-electron chi connectivity index (χ3n) is 4.23. The molecule has 1 rings (SSSR count). The van der Waals surface area contributed by atoms with E-state index < -0.39 is 0 Å². The van der Waals surface area contributed by atoms with Crippen LogP contribution in [0, 0.1) is 5.92 Å². The Bertz CT molecular complexity index is 225. The van der Waals surface area contributed by atoms with E-state index in [1.54, 1.807) is 7.11 Å². The highest BCUT2D eigenvalue weighted by Crippen LogP contribution is 2.27. The van der Waals surface area contributed by atoms with Crippen LogP contribution in [0.25, 0.3) is 0 Å². The standard InChI is InChI=1S/C14H31N3O/c1-13(2)11-17-7-5-14(12-15,6-8-17)16(3)9-10-18-4/h13H,5-12,15H2,1-4H3. The van der Waals surface area contributed by atoms with Crippen molar-refractivity contribution in [3.8, 4) is 0 Å². The van der Waals surface area contributed by atoms with Crippen LogP contribution in [0.2, 0.25) is 0 Å². The minimum absolute atomic E-state index is 0.187. The molecule has 1 aliphatic rings. The maximum Gasteiger partial charge on any atom is 0.0589 e. The van der Waals surface area contributed by atoms with Gasteiger partial charge in [-0.25, -0.2) is 0 Å². The fourth-order valence-electron chi connectivity index (χ4n) is 2.88. The first-order chi connectivity index (χ1) is 8.54. The molecule has 1 aliphatic heterocycles. The third-order valence-corrected chi connectivity index (χ3v) is 4.23. The summed E-state index contributed by atoms with van der Waals surface area (Å²) >= 11 is 0. The average Bonchev–Trinajstić information content (AvgIpc) is 2.36. The van der Waals surface area contributed by atoms with Gasteiger partial charge in [0, 0.05) is 32.3 Å².